The van der Waals surface area contributed by atoms with Crippen molar-refractivity contribution in [2.24, 2.45) is 0 Å². The molecule has 6 nitrogen and oxygen atoms in total. The summed E-state index contributed by atoms with van der Waals surface area (Å²) in [6.07, 6.45) is 2.47. The maximum Gasteiger partial charge on any atom is 0.222 e. The minimum atomic E-state index is -0.0664. The van der Waals surface area contributed by atoms with E-state index in [1.807, 2.05) is 6.07 Å². The smallest absolute Gasteiger partial charge is 0.222 e. The summed E-state index contributed by atoms with van der Waals surface area (Å²) < 4.78 is 16.8. The molecule has 1 aliphatic heterocycles. The molecule has 1 fully saturated rings. The van der Waals surface area contributed by atoms with Crippen molar-refractivity contribution in [2.75, 3.05) is 13.2 Å². The number of hydrogen-bond donors (Lipinski definition) is 1. The van der Waals surface area contributed by atoms with Crippen molar-refractivity contribution in [3.05, 3.63) is 24.2 Å². The molecule has 1 N–H and O–H groups in total. The predicted octanol–water partition coefficient (Wildman–Crippen LogP) is 2.56. The van der Waals surface area contributed by atoms with Crippen LogP contribution in [0.5, 0.6) is 11.6 Å². The zero-order valence-corrected chi connectivity index (χ0v) is 11.5. The Bertz CT molecular complexity index is 821. The number of aryl methyl sites for hydroxylation is 1. The third kappa shape index (κ3) is 1.99. The van der Waals surface area contributed by atoms with Crippen LogP contribution < -0.4 is 4.74 Å². The van der Waals surface area contributed by atoms with Crippen LogP contribution in [0.15, 0.2) is 22.8 Å². The Kier molecular flexibility index (Phi) is 2.71. The minimum absolute atomic E-state index is 0.0223. The molecule has 0 spiro atoms. The molecule has 1 aliphatic rings. The second kappa shape index (κ2) is 4.60. The fourth-order valence-electron chi connectivity index (χ4n) is 2.65. The minimum Gasteiger partial charge on any atom is -0.493 e. The lowest BCUT2D eigenvalue weighted by Crippen LogP contribution is -2.15. The van der Waals surface area contributed by atoms with Crippen molar-refractivity contribution in [1.82, 2.24) is 9.97 Å². The van der Waals surface area contributed by atoms with Crippen LogP contribution in [0.2, 0.25) is 0 Å². The highest BCUT2D eigenvalue weighted by Crippen LogP contribution is 2.37. The molecule has 108 valence electrons. The average molecular weight is 286 g/mol. The van der Waals surface area contributed by atoms with E-state index in [1.54, 1.807) is 19.3 Å². The van der Waals surface area contributed by atoms with Crippen LogP contribution in [0.25, 0.3) is 21.9 Å². The molecule has 2 aromatic heterocycles. The van der Waals surface area contributed by atoms with E-state index in [0.717, 1.165) is 11.8 Å². The highest BCUT2D eigenvalue weighted by molar-refractivity contribution is 6.06. The third-order valence-electron chi connectivity index (χ3n) is 3.64. The van der Waals surface area contributed by atoms with Crippen LogP contribution in [-0.4, -0.2) is 34.4 Å². The Balaban J connectivity index is 1.94. The van der Waals surface area contributed by atoms with Crippen molar-refractivity contribution >= 4 is 21.9 Å². The van der Waals surface area contributed by atoms with Crippen LogP contribution in [0.4, 0.5) is 0 Å². The maximum absolute atomic E-state index is 10.1. The molecule has 0 unspecified atom stereocenters. The molecular formula is C15H14N2O4. The number of benzene rings is 1. The van der Waals surface area contributed by atoms with Gasteiger partial charge in [0, 0.05) is 6.42 Å². The van der Waals surface area contributed by atoms with Gasteiger partial charge in [0.1, 0.15) is 23.2 Å². The second-order valence-electron chi connectivity index (χ2n) is 5.13. The normalized spacial score (nSPS) is 18.6. The second-order valence-corrected chi connectivity index (χ2v) is 5.13. The van der Waals surface area contributed by atoms with Gasteiger partial charge in [-0.2, -0.15) is 4.98 Å². The van der Waals surface area contributed by atoms with Gasteiger partial charge in [-0.05, 0) is 19.1 Å². The van der Waals surface area contributed by atoms with Crippen molar-refractivity contribution in [1.29, 1.82) is 0 Å². The highest BCUT2D eigenvalue weighted by Gasteiger charge is 2.21. The van der Waals surface area contributed by atoms with Crippen LogP contribution in [0.3, 0.4) is 0 Å². The van der Waals surface area contributed by atoms with E-state index in [1.165, 1.54) is 0 Å². The first-order valence-corrected chi connectivity index (χ1v) is 6.84. The molecule has 21 heavy (non-hydrogen) atoms. The largest absolute Gasteiger partial charge is 0.493 e. The molecule has 3 heterocycles. The van der Waals surface area contributed by atoms with E-state index in [0.29, 0.717) is 41.3 Å². The van der Waals surface area contributed by atoms with Crippen molar-refractivity contribution in [3.63, 3.8) is 0 Å². The van der Waals surface area contributed by atoms with Gasteiger partial charge in [0.2, 0.25) is 5.88 Å². The Morgan fingerprint density at radius 2 is 2.24 bits per heavy atom. The molecule has 4 rings (SSSR count). The van der Waals surface area contributed by atoms with Crippen LogP contribution in [0.1, 0.15) is 12.2 Å². The molecule has 0 bridgehead atoms. The van der Waals surface area contributed by atoms with Crippen LogP contribution in [-0.2, 0) is 4.74 Å². The number of fused-ring (bicyclic) bond motifs is 3. The van der Waals surface area contributed by atoms with Gasteiger partial charge in [0.05, 0.1) is 30.2 Å². The first-order chi connectivity index (χ1) is 10.2. The lowest BCUT2D eigenvalue weighted by molar-refractivity contribution is 0.142. The van der Waals surface area contributed by atoms with Gasteiger partial charge in [-0.3, -0.25) is 0 Å². The van der Waals surface area contributed by atoms with Gasteiger partial charge >= 0.3 is 0 Å². The summed E-state index contributed by atoms with van der Waals surface area (Å²) in [5.74, 6) is 1.09. The lowest BCUT2D eigenvalue weighted by Gasteiger charge is -2.13. The maximum atomic E-state index is 10.1. The predicted molar refractivity (Wildman–Crippen MR) is 75.6 cm³/mol. The summed E-state index contributed by atoms with van der Waals surface area (Å²) >= 11 is 0. The number of aromatic nitrogens is 2. The summed E-state index contributed by atoms with van der Waals surface area (Å²) in [6.45, 7) is 3.02. The molecule has 0 aliphatic carbocycles. The molecule has 0 saturated carbocycles. The Morgan fingerprint density at radius 3 is 3.05 bits per heavy atom. The summed E-state index contributed by atoms with van der Waals surface area (Å²) in [6, 6.07) is 3.61. The van der Waals surface area contributed by atoms with E-state index in [4.69, 9.17) is 13.9 Å². The summed E-state index contributed by atoms with van der Waals surface area (Å²) in [5, 5.41) is 11.4. The van der Waals surface area contributed by atoms with E-state index < -0.39 is 0 Å². The summed E-state index contributed by atoms with van der Waals surface area (Å²) in [5.41, 5.74) is 1.19. The topological polar surface area (TPSA) is 77.6 Å². The quantitative estimate of drug-likeness (QED) is 0.780. The number of rotatable bonds is 2. The van der Waals surface area contributed by atoms with E-state index >= 15 is 0 Å². The number of ether oxygens (including phenoxy) is 2. The number of nitrogens with zero attached hydrogens (tertiary/aromatic N) is 2. The summed E-state index contributed by atoms with van der Waals surface area (Å²) in [7, 11) is 0. The molecule has 1 atom stereocenters. The molecule has 6 heteroatoms. The highest BCUT2D eigenvalue weighted by atomic mass is 16.5. The summed E-state index contributed by atoms with van der Waals surface area (Å²) in [4.78, 5) is 8.35. The average Bonchev–Trinajstić information content (AvgIpc) is 3.10. The number of aromatic hydroxyl groups is 1. The molecule has 0 amide bonds. The van der Waals surface area contributed by atoms with E-state index in [-0.39, 0.29) is 12.0 Å². The van der Waals surface area contributed by atoms with Gasteiger partial charge < -0.3 is 19.0 Å². The van der Waals surface area contributed by atoms with Gasteiger partial charge in [0.15, 0.2) is 5.58 Å². The van der Waals surface area contributed by atoms with Gasteiger partial charge in [-0.1, -0.05) is 0 Å². The fourth-order valence-corrected chi connectivity index (χ4v) is 2.65. The lowest BCUT2D eigenvalue weighted by atomic mass is 10.1. The molecular weight excluding hydrogens is 272 g/mol. The van der Waals surface area contributed by atoms with Gasteiger partial charge in [-0.25, -0.2) is 4.98 Å². The first kappa shape index (κ1) is 12.4. The Hall–Kier alpha value is -2.34. The Morgan fingerprint density at radius 1 is 1.33 bits per heavy atom. The number of hydrogen-bond acceptors (Lipinski definition) is 6. The monoisotopic (exact) mass is 286 g/mol. The molecule has 0 radical (unpaired) electrons. The fraction of sp³-hybridized carbons (Fsp3) is 0.333. The van der Waals surface area contributed by atoms with Crippen LogP contribution in [0, 0.1) is 6.92 Å². The standard InChI is InChI=1S/C15H14N2O4/c1-8-16-13-11(15(18)17-8)6-12(10-3-5-20-14(10)13)21-9-2-4-19-7-9/h3,5-6,9H,2,4,7H2,1H3,(H,16,17,18)/t9-/m0/s1. The third-order valence-corrected chi connectivity index (χ3v) is 3.64. The zero-order valence-electron chi connectivity index (χ0n) is 11.5. The molecule has 3 aromatic rings. The van der Waals surface area contributed by atoms with E-state index in [2.05, 4.69) is 9.97 Å². The van der Waals surface area contributed by atoms with Crippen LogP contribution >= 0.6 is 0 Å². The van der Waals surface area contributed by atoms with Gasteiger partial charge in [0.25, 0.3) is 0 Å². The Labute approximate surface area is 120 Å². The molecule has 1 aromatic carbocycles. The molecule has 1 saturated heterocycles. The SMILES string of the molecule is Cc1nc(O)c2cc(O[C@H]3CCOC3)c3ccoc3c2n1. The zero-order chi connectivity index (χ0) is 14.4. The first-order valence-electron chi connectivity index (χ1n) is 6.84. The van der Waals surface area contributed by atoms with Gasteiger partial charge in [-0.15, -0.1) is 0 Å². The van der Waals surface area contributed by atoms with Crippen molar-refractivity contribution < 1.29 is 19.0 Å². The van der Waals surface area contributed by atoms with E-state index in [9.17, 15) is 5.11 Å². The van der Waals surface area contributed by atoms with Crippen molar-refractivity contribution in [2.45, 2.75) is 19.4 Å². The number of furan rings is 1. The van der Waals surface area contributed by atoms with Crippen molar-refractivity contribution in [3.8, 4) is 11.6 Å².